The Morgan fingerprint density at radius 1 is 1.30 bits per heavy atom. The summed E-state index contributed by atoms with van der Waals surface area (Å²) in [6.45, 7) is 9.23. The molecule has 0 aromatic heterocycles. The summed E-state index contributed by atoms with van der Waals surface area (Å²) in [4.78, 5) is 26.5. The van der Waals surface area contributed by atoms with E-state index in [1.54, 1.807) is 18.2 Å². The number of carbonyl (C=O) groups is 2. The topological polar surface area (TPSA) is 79.9 Å². The van der Waals surface area contributed by atoms with Crippen molar-refractivity contribution in [3.8, 4) is 11.5 Å². The molecule has 27 heavy (non-hydrogen) atoms. The van der Waals surface area contributed by atoms with E-state index in [1.165, 1.54) is 7.11 Å². The average molecular weight is 400 g/mol. The summed E-state index contributed by atoms with van der Waals surface area (Å²) in [6.07, 6.45) is 0. The van der Waals surface area contributed by atoms with E-state index in [1.807, 2.05) is 25.7 Å². The molecule has 1 fully saturated rings. The van der Waals surface area contributed by atoms with Crippen molar-refractivity contribution in [3.63, 3.8) is 0 Å². The van der Waals surface area contributed by atoms with Gasteiger partial charge < -0.3 is 25.0 Å². The first kappa shape index (κ1) is 23.0. The van der Waals surface area contributed by atoms with Gasteiger partial charge in [-0.05, 0) is 45.9 Å². The van der Waals surface area contributed by atoms with Crippen molar-refractivity contribution >= 4 is 24.2 Å². The minimum Gasteiger partial charge on any atom is -0.493 e. The molecule has 0 radical (unpaired) electrons. The zero-order valence-electron chi connectivity index (χ0n) is 16.6. The fraction of sp³-hybridized carbons (Fsp3) is 0.579. The van der Waals surface area contributed by atoms with Crippen molar-refractivity contribution in [1.82, 2.24) is 15.5 Å². The summed E-state index contributed by atoms with van der Waals surface area (Å²) in [7, 11) is 1.51. The Labute approximate surface area is 167 Å². The number of rotatable bonds is 6. The summed E-state index contributed by atoms with van der Waals surface area (Å²) in [5, 5.41) is 6.12. The van der Waals surface area contributed by atoms with Crippen LogP contribution >= 0.6 is 12.4 Å². The number of carbonyl (C=O) groups excluding carboxylic acids is 2. The molecule has 0 bridgehead atoms. The number of methoxy groups -OCH3 is 1. The molecule has 0 saturated carbocycles. The third-order valence-electron chi connectivity index (χ3n) is 4.51. The first-order valence-electron chi connectivity index (χ1n) is 8.98. The average Bonchev–Trinajstić information content (AvgIpc) is 2.61. The van der Waals surface area contributed by atoms with E-state index >= 15 is 0 Å². The van der Waals surface area contributed by atoms with Gasteiger partial charge >= 0.3 is 0 Å². The Bertz CT molecular complexity index is 654. The minimum absolute atomic E-state index is 0. The molecule has 2 N–H and O–H groups in total. The fourth-order valence-electron chi connectivity index (χ4n) is 2.94. The molecule has 2 atom stereocenters. The highest BCUT2D eigenvalue weighted by atomic mass is 35.5. The lowest BCUT2D eigenvalue weighted by Gasteiger charge is -2.38. The van der Waals surface area contributed by atoms with Gasteiger partial charge in [0.1, 0.15) is 0 Å². The molecule has 0 spiro atoms. The van der Waals surface area contributed by atoms with E-state index in [2.05, 4.69) is 17.6 Å². The van der Waals surface area contributed by atoms with E-state index in [0.717, 1.165) is 6.54 Å². The maximum Gasteiger partial charge on any atom is 0.258 e. The van der Waals surface area contributed by atoms with Gasteiger partial charge in [-0.2, -0.15) is 0 Å². The lowest BCUT2D eigenvalue weighted by molar-refractivity contribution is -0.123. The number of piperazine rings is 1. The van der Waals surface area contributed by atoms with Gasteiger partial charge in [0.25, 0.3) is 11.8 Å². The summed E-state index contributed by atoms with van der Waals surface area (Å²) in [5.74, 6) is 0.632. The molecule has 2 unspecified atom stereocenters. The normalized spacial score (nSPS) is 19.3. The number of amides is 2. The van der Waals surface area contributed by atoms with Crippen LogP contribution in [0.1, 0.15) is 38.1 Å². The quantitative estimate of drug-likeness (QED) is 0.763. The third-order valence-corrected chi connectivity index (χ3v) is 4.51. The van der Waals surface area contributed by atoms with Crippen LogP contribution in [0.5, 0.6) is 11.5 Å². The lowest BCUT2D eigenvalue weighted by atomic mass is 10.1. The highest BCUT2D eigenvalue weighted by molar-refractivity contribution is 5.95. The van der Waals surface area contributed by atoms with Crippen LogP contribution in [0, 0.1) is 0 Å². The van der Waals surface area contributed by atoms with E-state index < -0.39 is 0 Å². The summed E-state index contributed by atoms with van der Waals surface area (Å²) in [6, 6.07) is 5.45. The van der Waals surface area contributed by atoms with Gasteiger partial charge in [-0.1, -0.05) is 0 Å². The molecule has 1 aromatic rings. The minimum atomic E-state index is -0.203. The van der Waals surface area contributed by atoms with Gasteiger partial charge in [-0.3, -0.25) is 9.59 Å². The third kappa shape index (κ3) is 6.01. The van der Waals surface area contributed by atoms with Crippen molar-refractivity contribution in [3.05, 3.63) is 23.8 Å². The first-order valence-corrected chi connectivity index (χ1v) is 8.98. The van der Waals surface area contributed by atoms with Crippen LogP contribution in [-0.4, -0.2) is 61.6 Å². The summed E-state index contributed by atoms with van der Waals surface area (Å²) < 4.78 is 10.9. The van der Waals surface area contributed by atoms with E-state index in [0.29, 0.717) is 23.6 Å². The molecule has 8 heteroatoms. The van der Waals surface area contributed by atoms with Gasteiger partial charge in [0.2, 0.25) is 0 Å². The Balaban J connectivity index is 0.00000364. The molecule has 1 aliphatic rings. The van der Waals surface area contributed by atoms with Crippen LogP contribution < -0.4 is 20.1 Å². The van der Waals surface area contributed by atoms with E-state index in [9.17, 15) is 9.59 Å². The first-order chi connectivity index (χ1) is 12.3. The maximum absolute atomic E-state index is 12.9. The second kappa shape index (κ2) is 10.4. The number of benzene rings is 1. The number of nitrogens with zero attached hydrogens (tertiary/aromatic N) is 1. The highest BCUT2D eigenvalue weighted by Gasteiger charge is 2.29. The zero-order valence-corrected chi connectivity index (χ0v) is 17.4. The molecule has 0 aliphatic carbocycles. The molecule has 1 aliphatic heterocycles. The number of halogens is 1. The number of ether oxygens (including phenoxy) is 2. The van der Waals surface area contributed by atoms with Gasteiger partial charge in [-0.25, -0.2) is 0 Å². The molecule has 7 nitrogen and oxygen atoms in total. The maximum atomic E-state index is 12.9. The van der Waals surface area contributed by atoms with Crippen molar-refractivity contribution in [2.45, 2.75) is 45.8 Å². The van der Waals surface area contributed by atoms with Gasteiger partial charge in [0.05, 0.1) is 7.11 Å². The predicted molar refractivity (Wildman–Crippen MR) is 107 cm³/mol. The zero-order chi connectivity index (χ0) is 19.3. The van der Waals surface area contributed by atoms with Crippen LogP contribution in [0.4, 0.5) is 0 Å². The Kier molecular flexibility index (Phi) is 8.85. The van der Waals surface area contributed by atoms with Crippen molar-refractivity contribution in [2.75, 3.05) is 26.8 Å². The summed E-state index contributed by atoms with van der Waals surface area (Å²) >= 11 is 0. The largest absolute Gasteiger partial charge is 0.493 e. The van der Waals surface area contributed by atoms with Crippen molar-refractivity contribution in [1.29, 1.82) is 0 Å². The second-order valence-corrected chi connectivity index (χ2v) is 6.86. The number of hydrogen-bond donors (Lipinski definition) is 2. The fourth-order valence-corrected chi connectivity index (χ4v) is 2.94. The second-order valence-electron chi connectivity index (χ2n) is 6.86. The molecule has 1 saturated heterocycles. The molecule has 1 heterocycles. The standard InChI is InChI=1S/C19H29N3O4.ClH/c1-12(2)21-18(23)11-26-16-7-6-15(10-17(16)25-5)19(24)22-9-8-20-13(3)14(22)4;/h6-7,10,12-14,20H,8-9,11H2,1-5H3,(H,21,23);1H. The monoisotopic (exact) mass is 399 g/mol. The Morgan fingerprint density at radius 3 is 2.63 bits per heavy atom. The molecule has 152 valence electrons. The van der Waals surface area contributed by atoms with Gasteiger partial charge in [0.15, 0.2) is 18.1 Å². The van der Waals surface area contributed by atoms with Crippen molar-refractivity contribution < 1.29 is 19.1 Å². The van der Waals surface area contributed by atoms with Gasteiger partial charge in [-0.15, -0.1) is 12.4 Å². The molecule has 2 rings (SSSR count). The Hall–Kier alpha value is -1.99. The van der Waals surface area contributed by atoms with E-state index in [-0.39, 0.29) is 49.0 Å². The molecular formula is C19H30ClN3O4. The molecule has 2 amide bonds. The number of nitrogens with one attached hydrogen (secondary N) is 2. The van der Waals surface area contributed by atoms with Crippen LogP contribution in [0.25, 0.3) is 0 Å². The lowest BCUT2D eigenvalue weighted by Crippen LogP contribution is -2.57. The van der Waals surface area contributed by atoms with Gasteiger partial charge in [0, 0.05) is 36.8 Å². The van der Waals surface area contributed by atoms with Crippen molar-refractivity contribution in [2.24, 2.45) is 0 Å². The van der Waals surface area contributed by atoms with Crippen LogP contribution in [-0.2, 0) is 4.79 Å². The van der Waals surface area contributed by atoms with Crippen LogP contribution in [0.3, 0.4) is 0 Å². The smallest absolute Gasteiger partial charge is 0.258 e. The molecular weight excluding hydrogens is 370 g/mol. The number of hydrogen-bond acceptors (Lipinski definition) is 5. The van der Waals surface area contributed by atoms with Crippen LogP contribution in [0.15, 0.2) is 18.2 Å². The summed E-state index contributed by atoms with van der Waals surface area (Å²) in [5.41, 5.74) is 0.543. The predicted octanol–water partition coefficient (Wildman–Crippen LogP) is 1.84. The highest BCUT2D eigenvalue weighted by Crippen LogP contribution is 2.29. The SMILES string of the molecule is COc1cc(C(=O)N2CCNC(C)C2C)ccc1OCC(=O)NC(C)C.Cl. The molecule has 1 aromatic carbocycles. The van der Waals surface area contributed by atoms with E-state index in [4.69, 9.17) is 9.47 Å². The Morgan fingerprint density at radius 2 is 2.00 bits per heavy atom. The van der Waals surface area contributed by atoms with Crippen LogP contribution in [0.2, 0.25) is 0 Å².